The van der Waals surface area contributed by atoms with Gasteiger partial charge in [-0.2, -0.15) is 0 Å². The van der Waals surface area contributed by atoms with E-state index in [9.17, 15) is 19.1 Å². The highest BCUT2D eigenvalue weighted by atomic mass is 19.1. The summed E-state index contributed by atoms with van der Waals surface area (Å²) >= 11 is 0. The van der Waals surface area contributed by atoms with E-state index in [-0.39, 0.29) is 35.8 Å². The van der Waals surface area contributed by atoms with Crippen molar-refractivity contribution in [3.63, 3.8) is 0 Å². The van der Waals surface area contributed by atoms with E-state index in [0.717, 1.165) is 44.1 Å². The van der Waals surface area contributed by atoms with E-state index in [1.807, 2.05) is 17.0 Å². The molecule has 37 heavy (non-hydrogen) atoms. The molecule has 1 heterocycles. The van der Waals surface area contributed by atoms with Crippen LogP contribution in [0.25, 0.3) is 0 Å². The van der Waals surface area contributed by atoms with Crippen molar-refractivity contribution in [3.8, 4) is 11.5 Å². The van der Waals surface area contributed by atoms with Crippen LogP contribution in [0.4, 0.5) is 4.39 Å². The molecule has 2 saturated carbocycles. The number of aryl methyl sites for hydroxylation is 1. The van der Waals surface area contributed by atoms with Gasteiger partial charge in [0, 0.05) is 19.0 Å². The van der Waals surface area contributed by atoms with Crippen molar-refractivity contribution in [1.29, 1.82) is 0 Å². The van der Waals surface area contributed by atoms with Crippen LogP contribution in [0.2, 0.25) is 0 Å². The molecule has 1 saturated heterocycles. The molecule has 2 N–H and O–H groups in total. The van der Waals surface area contributed by atoms with E-state index < -0.39 is 11.0 Å². The van der Waals surface area contributed by atoms with Crippen LogP contribution in [0.3, 0.4) is 0 Å². The van der Waals surface area contributed by atoms with E-state index in [1.165, 1.54) is 13.2 Å². The lowest BCUT2D eigenvalue weighted by Gasteiger charge is -2.50. The second-order valence-electron chi connectivity index (χ2n) is 10.6. The Balaban J connectivity index is 1.25. The Morgan fingerprint density at radius 1 is 1.16 bits per heavy atom. The third-order valence-electron chi connectivity index (χ3n) is 8.32. The molecule has 0 bridgehead atoms. The van der Waals surface area contributed by atoms with Crippen molar-refractivity contribution in [2.75, 3.05) is 26.8 Å². The van der Waals surface area contributed by atoms with E-state index in [4.69, 9.17) is 9.47 Å². The highest BCUT2D eigenvalue weighted by Crippen LogP contribution is 2.49. The summed E-state index contributed by atoms with van der Waals surface area (Å²) in [5.41, 5.74) is 0.237. The molecule has 3 aliphatic rings. The molecule has 3 fully saturated rings. The van der Waals surface area contributed by atoms with Crippen LogP contribution in [0.15, 0.2) is 42.5 Å². The molecule has 0 unspecified atom stereocenters. The number of benzene rings is 2. The van der Waals surface area contributed by atoms with E-state index >= 15 is 0 Å². The summed E-state index contributed by atoms with van der Waals surface area (Å²) in [6, 6.07) is 11.4. The number of nitrogens with zero attached hydrogens (tertiary/aromatic N) is 1. The molecule has 5 rings (SSSR count). The number of amides is 2. The molecule has 1 spiro atoms. The lowest BCUT2D eigenvalue weighted by Crippen LogP contribution is -2.65. The number of hydrogen-bond donors (Lipinski definition) is 2. The zero-order valence-corrected chi connectivity index (χ0v) is 21.3. The zero-order valence-electron chi connectivity index (χ0n) is 21.3. The number of carbonyl (C=O) groups excluding carboxylic acids is 2. The van der Waals surface area contributed by atoms with Crippen LogP contribution in [-0.2, 0) is 26.2 Å². The summed E-state index contributed by atoms with van der Waals surface area (Å²) in [5, 5.41) is 12.9. The molecule has 8 heteroatoms. The number of phenolic OH excluding ortho intramolecular Hbond substituents is 1. The van der Waals surface area contributed by atoms with Gasteiger partial charge in [0.15, 0.2) is 0 Å². The van der Waals surface area contributed by atoms with Crippen molar-refractivity contribution >= 4 is 11.8 Å². The average molecular weight is 511 g/mol. The number of ether oxygens (including phenoxy) is 2. The van der Waals surface area contributed by atoms with Gasteiger partial charge >= 0.3 is 0 Å². The van der Waals surface area contributed by atoms with Crippen molar-refractivity contribution in [3.05, 3.63) is 59.4 Å². The Hall–Kier alpha value is -3.13. The molecule has 2 aromatic carbocycles. The highest BCUT2D eigenvalue weighted by Gasteiger charge is 2.54. The van der Waals surface area contributed by atoms with Crippen LogP contribution < -0.4 is 10.1 Å². The Bertz CT molecular complexity index is 1150. The first-order chi connectivity index (χ1) is 17.8. The molecule has 2 atom stereocenters. The summed E-state index contributed by atoms with van der Waals surface area (Å²) in [6.45, 7) is 1.33. The van der Waals surface area contributed by atoms with Gasteiger partial charge in [-0.05, 0) is 61.4 Å². The first kappa shape index (κ1) is 25.5. The number of methoxy groups -OCH3 is 1. The van der Waals surface area contributed by atoms with Crippen molar-refractivity contribution < 1.29 is 28.6 Å². The predicted octanol–water partition coefficient (Wildman–Crippen LogP) is 3.86. The number of carbonyl (C=O) groups is 2. The molecule has 0 radical (unpaired) electrons. The minimum absolute atomic E-state index is 0.00787. The lowest BCUT2D eigenvalue weighted by atomic mass is 9.78. The van der Waals surface area contributed by atoms with Crippen LogP contribution >= 0.6 is 0 Å². The standard InChI is InChI=1S/C29H35FN2O5/c1-36-23-11-5-20(24(30)18-23)6-12-26(34)32-16-17-37-29(19-32)13-3-2-4-25(29)31-27(35)28(14-15-28)21-7-9-22(33)10-8-21/h5,7-11,18,25,33H,2-4,6,12-17,19H2,1H3,(H,31,35)/t25-,29+/m0/s1. The third-order valence-corrected chi connectivity index (χ3v) is 8.32. The summed E-state index contributed by atoms with van der Waals surface area (Å²) in [4.78, 5) is 28.5. The van der Waals surface area contributed by atoms with Gasteiger partial charge in [-0.1, -0.05) is 31.0 Å². The number of halogens is 1. The van der Waals surface area contributed by atoms with Crippen molar-refractivity contribution in [2.45, 2.75) is 68.4 Å². The summed E-state index contributed by atoms with van der Waals surface area (Å²) in [7, 11) is 1.49. The number of hydrogen-bond acceptors (Lipinski definition) is 5. The first-order valence-electron chi connectivity index (χ1n) is 13.2. The van der Waals surface area contributed by atoms with E-state index in [0.29, 0.717) is 37.4 Å². The molecule has 1 aliphatic heterocycles. The second-order valence-corrected chi connectivity index (χ2v) is 10.6. The van der Waals surface area contributed by atoms with E-state index in [2.05, 4.69) is 5.32 Å². The Labute approximate surface area is 216 Å². The number of aromatic hydroxyl groups is 1. The fourth-order valence-corrected chi connectivity index (χ4v) is 5.90. The number of rotatable bonds is 7. The molecule has 2 amide bonds. The van der Waals surface area contributed by atoms with Gasteiger partial charge in [0.1, 0.15) is 22.9 Å². The molecular formula is C29H35FN2O5. The molecule has 2 aliphatic carbocycles. The van der Waals surface area contributed by atoms with Gasteiger partial charge in [-0.15, -0.1) is 0 Å². The van der Waals surface area contributed by atoms with Gasteiger partial charge in [0.25, 0.3) is 0 Å². The fraction of sp³-hybridized carbons (Fsp3) is 0.517. The zero-order chi connectivity index (χ0) is 26.0. The number of phenols is 1. The quantitative estimate of drug-likeness (QED) is 0.591. The summed E-state index contributed by atoms with van der Waals surface area (Å²) in [6.07, 6.45) is 5.63. The van der Waals surface area contributed by atoms with Gasteiger partial charge in [0.2, 0.25) is 11.8 Å². The Morgan fingerprint density at radius 2 is 1.95 bits per heavy atom. The lowest BCUT2D eigenvalue weighted by molar-refractivity contribution is -0.165. The topological polar surface area (TPSA) is 88.1 Å². The smallest absolute Gasteiger partial charge is 0.230 e. The van der Waals surface area contributed by atoms with Crippen LogP contribution in [0.1, 0.15) is 56.1 Å². The van der Waals surface area contributed by atoms with Gasteiger partial charge < -0.3 is 24.8 Å². The average Bonchev–Trinajstić information content (AvgIpc) is 3.72. The SMILES string of the molecule is COc1ccc(CCC(=O)N2CCO[C@]3(CCCC[C@@H]3NC(=O)C3(c4ccc(O)cc4)CC3)C2)c(F)c1. The molecule has 7 nitrogen and oxygen atoms in total. The minimum Gasteiger partial charge on any atom is -0.508 e. The van der Waals surface area contributed by atoms with Gasteiger partial charge in [0.05, 0.1) is 31.7 Å². The van der Waals surface area contributed by atoms with Crippen LogP contribution in [-0.4, -0.2) is 60.3 Å². The normalized spacial score (nSPS) is 24.5. The molecule has 0 aromatic heterocycles. The third kappa shape index (κ3) is 5.17. The Morgan fingerprint density at radius 3 is 2.65 bits per heavy atom. The molecule has 2 aromatic rings. The predicted molar refractivity (Wildman–Crippen MR) is 136 cm³/mol. The maximum Gasteiger partial charge on any atom is 0.230 e. The summed E-state index contributed by atoms with van der Waals surface area (Å²) < 4.78 is 25.8. The molecule has 198 valence electrons. The monoisotopic (exact) mass is 510 g/mol. The largest absolute Gasteiger partial charge is 0.508 e. The highest BCUT2D eigenvalue weighted by molar-refractivity contribution is 5.91. The van der Waals surface area contributed by atoms with Gasteiger partial charge in [-0.3, -0.25) is 9.59 Å². The van der Waals surface area contributed by atoms with Gasteiger partial charge in [-0.25, -0.2) is 4.39 Å². The first-order valence-corrected chi connectivity index (χ1v) is 13.2. The maximum absolute atomic E-state index is 14.4. The van der Waals surface area contributed by atoms with Crippen LogP contribution in [0.5, 0.6) is 11.5 Å². The van der Waals surface area contributed by atoms with E-state index in [1.54, 1.807) is 24.3 Å². The fourth-order valence-electron chi connectivity index (χ4n) is 5.90. The van der Waals surface area contributed by atoms with Crippen molar-refractivity contribution in [1.82, 2.24) is 10.2 Å². The number of nitrogens with one attached hydrogen (secondary N) is 1. The number of morpholine rings is 1. The molecular weight excluding hydrogens is 475 g/mol. The minimum atomic E-state index is -0.613. The summed E-state index contributed by atoms with van der Waals surface area (Å²) in [5.74, 6) is 0.221. The van der Waals surface area contributed by atoms with Crippen molar-refractivity contribution in [2.24, 2.45) is 0 Å². The van der Waals surface area contributed by atoms with Crippen LogP contribution in [0, 0.1) is 5.82 Å². The second kappa shape index (κ2) is 10.3. The maximum atomic E-state index is 14.4. The Kier molecular flexibility index (Phi) is 7.12.